The number of ether oxygens (including phenoxy) is 3. The van der Waals surface area contributed by atoms with Gasteiger partial charge < -0.3 is 19.3 Å². The first-order valence-electron chi connectivity index (χ1n) is 20.1. The molecule has 7 heteroatoms. The molecule has 0 amide bonds. The lowest BCUT2D eigenvalue weighted by Crippen LogP contribution is -2.42. The molecule has 0 fully saturated rings. The third-order valence-electron chi connectivity index (χ3n) is 9.19. The van der Waals surface area contributed by atoms with Crippen LogP contribution in [0.4, 0.5) is 0 Å². The molecule has 0 heterocycles. The summed E-state index contributed by atoms with van der Waals surface area (Å²) in [5.41, 5.74) is -1.18. The van der Waals surface area contributed by atoms with Crippen molar-refractivity contribution in [3.05, 3.63) is 0 Å². The SMILES string of the molecule is CC(C)CCCCCCCCC(=O)OCC(CO)(COC(=O)CCCCCCCCC(C)C)COC(=O)CCCCCCCCC(C)C. The van der Waals surface area contributed by atoms with Crippen LogP contribution in [0.1, 0.15) is 196 Å². The van der Waals surface area contributed by atoms with E-state index in [2.05, 4.69) is 41.5 Å². The van der Waals surface area contributed by atoms with Gasteiger partial charge in [-0.05, 0) is 37.0 Å². The van der Waals surface area contributed by atoms with Crippen LogP contribution in [-0.4, -0.2) is 49.4 Å². The van der Waals surface area contributed by atoms with Gasteiger partial charge >= 0.3 is 17.9 Å². The Morgan fingerprint density at radius 2 is 0.646 bits per heavy atom. The minimum atomic E-state index is -1.18. The first-order valence-corrected chi connectivity index (χ1v) is 20.1. The van der Waals surface area contributed by atoms with Crippen molar-refractivity contribution in [2.24, 2.45) is 23.2 Å². The van der Waals surface area contributed by atoms with Gasteiger partial charge in [0.15, 0.2) is 0 Å². The van der Waals surface area contributed by atoms with Gasteiger partial charge in [-0.15, -0.1) is 0 Å². The molecule has 0 aromatic carbocycles. The molecule has 0 unspecified atom stereocenters. The third kappa shape index (κ3) is 30.4. The van der Waals surface area contributed by atoms with Gasteiger partial charge in [0.05, 0.1) is 12.0 Å². The maximum atomic E-state index is 12.6. The smallest absolute Gasteiger partial charge is 0.305 e. The second kappa shape index (κ2) is 31.4. The molecule has 0 bridgehead atoms. The molecule has 7 nitrogen and oxygen atoms in total. The normalized spacial score (nSPS) is 11.9. The van der Waals surface area contributed by atoms with Gasteiger partial charge in [-0.2, -0.15) is 0 Å². The summed E-state index contributed by atoms with van der Waals surface area (Å²) >= 11 is 0. The number of hydrogen-bond acceptors (Lipinski definition) is 7. The molecule has 48 heavy (non-hydrogen) atoms. The van der Waals surface area contributed by atoms with Crippen molar-refractivity contribution in [1.82, 2.24) is 0 Å². The highest BCUT2D eigenvalue weighted by molar-refractivity contribution is 5.70. The lowest BCUT2D eigenvalue weighted by molar-refractivity contribution is -0.165. The predicted molar refractivity (Wildman–Crippen MR) is 198 cm³/mol. The van der Waals surface area contributed by atoms with E-state index in [9.17, 15) is 19.5 Å². The molecule has 0 spiro atoms. The largest absolute Gasteiger partial charge is 0.465 e. The molecule has 0 radical (unpaired) electrons. The Balaban J connectivity index is 4.69. The summed E-state index contributed by atoms with van der Waals surface area (Å²) in [6.45, 7) is 12.6. The van der Waals surface area contributed by atoms with E-state index in [1.165, 1.54) is 77.0 Å². The minimum absolute atomic E-state index is 0.162. The average molecular weight is 683 g/mol. The highest BCUT2D eigenvalue weighted by Crippen LogP contribution is 2.22. The molecule has 0 aromatic heterocycles. The van der Waals surface area contributed by atoms with E-state index in [0.717, 1.165) is 75.5 Å². The van der Waals surface area contributed by atoms with Gasteiger partial charge in [-0.25, -0.2) is 0 Å². The molecule has 0 aliphatic rings. The molecule has 0 saturated carbocycles. The molecular formula is C41H78O7. The topological polar surface area (TPSA) is 99.1 Å². The van der Waals surface area contributed by atoms with Gasteiger partial charge in [0.1, 0.15) is 19.8 Å². The van der Waals surface area contributed by atoms with Crippen molar-refractivity contribution < 1.29 is 33.7 Å². The molecule has 0 aliphatic carbocycles. The summed E-state index contributed by atoms with van der Waals surface area (Å²) in [4.78, 5) is 37.7. The number of esters is 3. The Labute approximate surface area is 296 Å². The first kappa shape index (κ1) is 46.4. The van der Waals surface area contributed by atoms with Crippen LogP contribution in [0.5, 0.6) is 0 Å². The Morgan fingerprint density at radius 1 is 0.417 bits per heavy atom. The van der Waals surface area contributed by atoms with E-state index < -0.39 is 12.0 Å². The molecule has 0 rings (SSSR count). The predicted octanol–water partition coefficient (Wildman–Crippen LogP) is 10.9. The fourth-order valence-corrected chi connectivity index (χ4v) is 5.77. The number of hydrogen-bond donors (Lipinski definition) is 1. The summed E-state index contributed by atoms with van der Waals surface area (Å²) in [5.74, 6) is 1.22. The molecule has 0 atom stereocenters. The van der Waals surface area contributed by atoms with Gasteiger partial charge in [-0.1, -0.05) is 157 Å². The maximum Gasteiger partial charge on any atom is 0.305 e. The van der Waals surface area contributed by atoms with Gasteiger partial charge in [0.25, 0.3) is 0 Å². The number of carbonyl (C=O) groups is 3. The number of aliphatic hydroxyl groups is 1. The summed E-state index contributed by atoms with van der Waals surface area (Å²) < 4.78 is 16.7. The Morgan fingerprint density at radius 3 is 0.875 bits per heavy atom. The van der Waals surface area contributed by atoms with Crippen molar-refractivity contribution in [2.75, 3.05) is 26.4 Å². The van der Waals surface area contributed by atoms with Gasteiger partial charge in [0.2, 0.25) is 0 Å². The van der Waals surface area contributed by atoms with Crippen molar-refractivity contribution in [1.29, 1.82) is 0 Å². The Kier molecular flexibility index (Phi) is 30.3. The lowest BCUT2D eigenvalue weighted by Gasteiger charge is -2.30. The highest BCUT2D eigenvalue weighted by Gasteiger charge is 2.35. The van der Waals surface area contributed by atoms with Crippen molar-refractivity contribution in [3.8, 4) is 0 Å². The molecule has 1 N–H and O–H groups in total. The van der Waals surface area contributed by atoms with E-state index in [1.54, 1.807) is 0 Å². The summed E-state index contributed by atoms with van der Waals surface area (Å²) in [7, 11) is 0. The van der Waals surface area contributed by atoms with E-state index >= 15 is 0 Å². The van der Waals surface area contributed by atoms with Crippen LogP contribution in [0.3, 0.4) is 0 Å². The summed E-state index contributed by atoms with van der Waals surface area (Å²) in [5, 5.41) is 10.4. The number of unbranched alkanes of at least 4 members (excludes halogenated alkanes) is 15. The van der Waals surface area contributed by atoms with Crippen LogP contribution in [0, 0.1) is 23.2 Å². The fourth-order valence-electron chi connectivity index (χ4n) is 5.77. The van der Waals surface area contributed by atoms with Crippen molar-refractivity contribution >= 4 is 17.9 Å². The summed E-state index contributed by atoms with van der Waals surface area (Å²) in [6.07, 6.45) is 24.3. The quantitative estimate of drug-likeness (QED) is 0.0409. The second-order valence-electron chi connectivity index (χ2n) is 15.8. The summed E-state index contributed by atoms with van der Waals surface area (Å²) in [6, 6.07) is 0. The number of carbonyl (C=O) groups excluding carboxylic acids is 3. The molecule has 0 saturated heterocycles. The van der Waals surface area contributed by atoms with Crippen LogP contribution >= 0.6 is 0 Å². The van der Waals surface area contributed by atoms with E-state index in [4.69, 9.17) is 14.2 Å². The van der Waals surface area contributed by atoms with Gasteiger partial charge in [-0.3, -0.25) is 14.4 Å². The zero-order chi connectivity index (χ0) is 35.9. The standard InChI is InChI=1S/C41H78O7/c1-35(2)25-19-13-7-10-16-22-28-38(43)46-32-41(31-42,33-47-39(44)29-23-17-11-8-14-20-26-36(3)4)34-48-40(45)30-24-18-12-9-15-21-27-37(5)6/h35-37,42H,7-34H2,1-6H3. The monoisotopic (exact) mass is 683 g/mol. The first-order chi connectivity index (χ1) is 23.0. The molecule has 0 aliphatic heterocycles. The van der Waals surface area contributed by atoms with Crippen molar-refractivity contribution in [3.63, 3.8) is 0 Å². The molecule has 0 aromatic rings. The lowest BCUT2D eigenvalue weighted by atomic mass is 9.92. The average Bonchev–Trinajstić information content (AvgIpc) is 3.04. The minimum Gasteiger partial charge on any atom is -0.465 e. The second-order valence-corrected chi connectivity index (χ2v) is 15.8. The molecular weight excluding hydrogens is 604 g/mol. The van der Waals surface area contributed by atoms with Crippen molar-refractivity contribution in [2.45, 2.75) is 196 Å². The molecule has 284 valence electrons. The highest BCUT2D eigenvalue weighted by atomic mass is 16.6. The van der Waals surface area contributed by atoms with Crippen LogP contribution in [-0.2, 0) is 28.6 Å². The Bertz CT molecular complexity index is 679. The number of aliphatic hydroxyl groups excluding tert-OH is 1. The van der Waals surface area contributed by atoms with E-state index in [0.29, 0.717) is 19.3 Å². The third-order valence-corrected chi connectivity index (χ3v) is 9.19. The van der Waals surface area contributed by atoms with E-state index in [1.807, 2.05) is 0 Å². The van der Waals surface area contributed by atoms with Crippen LogP contribution in [0.2, 0.25) is 0 Å². The number of rotatable bonds is 34. The van der Waals surface area contributed by atoms with Gasteiger partial charge in [0, 0.05) is 19.3 Å². The zero-order valence-electron chi connectivity index (χ0n) is 32.4. The Hall–Kier alpha value is -1.63. The maximum absolute atomic E-state index is 12.6. The fraction of sp³-hybridized carbons (Fsp3) is 0.927. The van der Waals surface area contributed by atoms with Crippen LogP contribution in [0.25, 0.3) is 0 Å². The van der Waals surface area contributed by atoms with E-state index in [-0.39, 0.29) is 37.7 Å². The van der Waals surface area contributed by atoms with Crippen LogP contribution < -0.4 is 0 Å². The zero-order valence-corrected chi connectivity index (χ0v) is 32.4. The van der Waals surface area contributed by atoms with Crippen LogP contribution in [0.15, 0.2) is 0 Å².